The van der Waals surface area contributed by atoms with Gasteiger partial charge in [0.25, 0.3) is 0 Å². The third-order valence-electron chi connectivity index (χ3n) is 0.700. The van der Waals surface area contributed by atoms with Gasteiger partial charge < -0.3 is 5.11 Å². The second-order valence-corrected chi connectivity index (χ2v) is 1.30. The Morgan fingerprint density at radius 1 is 1.67 bits per heavy atom. The predicted octanol–water partition coefficient (Wildman–Crippen LogP) is -0.430. The van der Waals surface area contributed by atoms with Crippen molar-refractivity contribution >= 4 is 5.97 Å². The first-order valence-corrected chi connectivity index (χ1v) is 2.16. The van der Waals surface area contributed by atoms with Gasteiger partial charge >= 0.3 is 5.97 Å². The summed E-state index contributed by atoms with van der Waals surface area (Å²) in [7, 11) is 0. The Kier molecular flexibility index (Phi) is 1.35. The first-order chi connectivity index (χ1) is 4.30. The summed E-state index contributed by atoms with van der Waals surface area (Å²) in [5, 5.41) is 14.8. The van der Waals surface area contributed by atoms with Crippen LogP contribution in [0.3, 0.4) is 0 Å². The van der Waals surface area contributed by atoms with E-state index < -0.39 is 5.97 Å². The lowest BCUT2D eigenvalue weighted by Gasteiger charge is -1.85. The number of aromatic carboxylic acids is 1. The first-order valence-electron chi connectivity index (χ1n) is 2.16. The molecule has 0 atom stereocenters. The van der Waals surface area contributed by atoms with Gasteiger partial charge in [-0.3, -0.25) is 0 Å². The van der Waals surface area contributed by atoms with Crippen molar-refractivity contribution in [3.05, 3.63) is 18.2 Å². The van der Waals surface area contributed by atoms with E-state index in [1.54, 1.807) is 0 Å². The summed E-state index contributed by atoms with van der Waals surface area (Å²) in [5.41, 5.74) is -0.141. The highest BCUT2D eigenvalue weighted by atomic mass is 16.4. The van der Waals surface area contributed by atoms with Crippen molar-refractivity contribution in [2.75, 3.05) is 0 Å². The van der Waals surface area contributed by atoms with Gasteiger partial charge in [0, 0.05) is 0 Å². The fourth-order valence-corrected chi connectivity index (χ4v) is 0.346. The highest BCUT2D eigenvalue weighted by Crippen LogP contribution is 1.84. The van der Waals surface area contributed by atoms with E-state index in [1.165, 1.54) is 6.33 Å². The van der Waals surface area contributed by atoms with Crippen LogP contribution in [0.5, 0.6) is 0 Å². The highest BCUT2D eigenvalue weighted by molar-refractivity contribution is 5.84. The molecule has 46 valence electrons. The molecule has 1 aromatic rings. The van der Waals surface area contributed by atoms with E-state index >= 15 is 0 Å². The van der Waals surface area contributed by atoms with E-state index in [2.05, 4.69) is 15.2 Å². The fourth-order valence-electron chi connectivity index (χ4n) is 0.346. The van der Waals surface area contributed by atoms with Crippen molar-refractivity contribution < 1.29 is 9.90 Å². The van der Waals surface area contributed by atoms with Gasteiger partial charge in [0.1, 0.15) is 6.33 Å². The minimum absolute atomic E-state index is 0.141. The van der Waals surface area contributed by atoms with E-state index in [9.17, 15) is 4.79 Å². The van der Waals surface area contributed by atoms with E-state index in [-0.39, 0.29) is 5.69 Å². The van der Waals surface area contributed by atoms with E-state index in [0.717, 1.165) is 6.20 Å². The Balaban J connectivity index is 2.98. The van der Waals surface area contributed by atoms with Crippen LogP contribution in [-0.2, 0) is 0 Å². The SMILES string of the molecule is O=C(O)c1cncnn1. The van der Waals surface area contributed by atoms with Crippen LogP contribution in [0.15, 0.2) is 12.5 Å². The van der Waals surface area contributed by atoms with Gasteiger partial charge in [0.2, 0.25) is 0 Å². The lowest BCUT2D eigenvalue weighted by molar-refractivity contribution is 0.0688. The molecule has 0 aliphatic rings. The molecule has 1 aromatic heterocycles. The van der Waals surface area contributed by atoms with Gasteiger partial charge in [0.15, 0.2) is 5.69 Å². The molecule has 0 aliphatic carbocycles. The molecule has 0 bridgehead atoms. The predicted molar refractivity (Wildman–Crippen MR) is 26.8 cm³/mol. The van der Waals surface area contributed by atoms with E-state index in [0.29, 0.717) is 0 Å². The van der Waals surface area contributed by atoms with E-state index in [1.807, 2.05) is 0 Å². The lowest BCUT2D eigenvalue weighted by atomic mass is 10.5. The molecule has 5 nitrogen and oxygen atoms in total. The number of carbonyl (C=O) groups is 1. The molecule has 0 aromatic carbocycles. The number of carboxylic acids is 1. The highest BCUT2D eigenvalue weighted by Gasteiger charge is 2.01. The topological polar surface area (TPSA) is 76.0 Å². The molecule has 1 heterocycles. The summed E-state index contributed by atoms with van der Waals surface area (Å²) in [6.45, 7) is 0. The van der Waals surface area contributed by atoms with Gasteiger partial charge in [-0.1, -0.05) is 0 Å². The van der Waals surface area contributed by atoms with Gasteiger partial charge in [-0.2, -0.15) is 0 Å². The lowest BCUT2D eigenvalue weighted by Crippen LogP contribution is -2.01. The summed E-state index contributed by atoms with van der Waals surface area (Å²) >= 11 is 0. The number of hydrogen-bond acceptors (Lipinski definition) is 4. The summed E-state index contributed by atoms with van der Waals surface area (Å²) in [6, 6.07) is 0. The van der Waals surface area contributed by atoms with Gasteiger partial charge in [-0.05, 0) is 0 Å². The maximum absolute atomic E-state index is 10.1. The first kappa shape index (κ1) is 5.61. The Labute approximate surface area is 50.4 Å². The molecule has 1 rings (SSSR count). The quantitative estimate of drug-likeness (QED) is 0.551. The third-order valence-corrected chi connectivity index (χ3v) is 0.700. The van der Waals surface area contributed by atoms with Crippen molar-refractivity contribution in [1.82, 2.24) is 15.2 Å². The van der Waals surface area contributed by atoms with Crippen LogP contribution in [0.1, 0.15) is 10.5 Å². The Bertz CT molecular complexity index is 210. The zero-order valence-electron chi connectivity index (χ0n) is 4.35. The molecule has 0 unspecified atom stereocenters. The molecule has 0 fully saturated rings. The maximum Gasteiger partial charge on any atom is 0.358 e. The molecule has 0 radical (unpaired) electrons. The number of aromatic nitrogens is 3. The van der Waals surface area contributed by atoms with Crippen molar-refractivity contribution in [3.63, 3.8) is 0 Å². The normalized spacial score (nSPS) is 8.89. The number of nitrogens with zero attached hydrogens (tertiary/aromatic N) is 3. The van der Waals surface area contributed by atoms with Crippen molar-refractivity contribution in [1.29, 1.82) is 0 Å². The van der Waals surface area contributed by atoms with Crippen LogP contribution in [0.4, 0.5) is 0 Å². The monoisotopic (exact) mass is 125 g/mol. The molecule has 5 heteroatoms. The number of rotatable bonds is 1. The number of carboxylic acid groups (broad SMARTS) is 1. The van der Waals surface area contributed by atoms with Gasteiger partial charge in [-0.25, -0.2) is 9.78 Å². The fraction of sp³-hybridized carbons (Fsp3) is 0. The average Bonchev–Trinajstić information content (AvgIpc) is 1.90. The van der Waals surface area contributed by atoms with Crippen LogP contribution in [0, 0.1) is 0 Å². The molecular formula is C4H3N3O2. The van der Waals surface area contributed by atoms with Crippen LogP contribution in [0.25, 0.3) is 0 Å². The molecule has 0 saturated heterocycles. The molecule has 0 aliphatic heterocycles. The second-order valence-electron chi connectivity index (χ2n) is 1.30. The maximum atomic E-state index is 10.1. The summed E-state index contributed by atoms with van der Waals surface area (Å²) in [5.74, 6) is -1.12. The van der Waals surface area contributed by atoms with Crippen molar-refractivity contribution in [2.24, 2.45) is 0 Å². The second kappa shape index (κ2) is 2.17. The van der Waals surface area contributed by atoms with Gasteiger partial charge in [0.05, 0.1) is 6.20 Å². The van der Waals surface area contributed by atoms with E-state index in [4.69, 9.17) is 5.11 Å². The van der Waals surface area contributed by atoms with Crippen LogP contribution >= 0.6 is 0 Å². The largest absolute Gasteiger partial charge is 0.476 e. The van der Waals surface area contributed by atoms with Gasteiger partial charge in [-0.15, -0.1) is 10.2 Å². The third kappa shape index (κ3) is 1.18. The average molecular weight is 125 g/mol. The molecule has 9 heavy (non-hydrogen) atoms. The Hall–Kier alpha value is -1.52. The van der Waals surface area contributed by atoms with Crippen molar-refractivity contribution in [2.45, 2.75) is 0 Å². The summed E-state index contributed by atoms with van der Waals surface area (Å²) in [6.07, 6.45) is 2.31. The molecular weight excluding hydrogens is 122 g/mol. The van der Waals surface area contributed by atoms with Crippen molar-refractivity contribution in [3.8, 4) is 0 Å². The Morgan fingerprint density at radius 3 is 2.78 bits per heavy atom. The zero-order valence-corrected chi connectivity index (χ0v) is 4.35. The summed E-state index contributed by atoms with van der Waals surface area (Å²) in [4.78, 5) is 13.5. The smallest absolute Gasteiger partial charge is 0.358 e. The number of hydrogen-bond donors (Lipinski definition) is 1. The summed E-state index contributed by atoms with van der Waals surface area (Å²) < 4.78 is 0. The van der Waals surface area contributed by atoms with Crippen LogP contribution in [0.2, 0.25) is 0 Å². The van der Waals surface area contributed by atoms with Crippen LogP contribution < -0.4 is 0 Å². The molecule has 0 saturated carbocycles. The minimum atomic E-state index is -1.12. The molecule has 0 spiro atoms. The van der Waals surface area contributed by atoms with Crippen LogP contribution in [-0.4, -0.2) is 26.3 Å². The molecule has 1 N–H and O–H groups in total. The standard InChI is InChI=1S/C4H3N3O2/c8-4(9)3-1-5-2-6-7-3/h1-2H,(H,8,9). The molecule has 0 amide bonds. The zero-order chi connectivity index (χ0) is 6.69. The Morgan fingerprint density at radius 2 is 2.44 bits per heavy atom. The minimum Gasteiger partial charge on any atom is -0.476 e.